The summed E-state index contributed by atoms with van der Waals surface area (Å²) in [4.78, 5) is 38.2. The molecule has 2 heterocycles. The lowest BCUT2D eigenvalue weighted by Crippen LogP contribution is -2.50. The molecule has 1 fully saturated rings. The van der Waals surface area contributed by atoms with Crippen molar-refractivity contribution in [3.63, 3.8) is 0 Å². The maximum absolute atomic E-state index is 12.8. The largest absolute Gasteiger partial charge is 0.450 e. The number of anilines is 3. The molecule has 1 aliphatic heterocycles. The zero-order chi connectivity index (χ0) is 20.8. The van der Waals surface area contributed by atoms with Crippen molar-refractivity contribution in [2.75, 3.05) is 57.1 Å². The Morgan fingerprint density at radius 3 is 2.34 bits per heavy atom. The van der Waals surface area contributed by atoms with Crippen LogP contribution < -0.4 is 10.2 Å². The summed E-state index contributed by atoms with van der Waals surface area (Å²) in [6.45, 7) is 3.88. The molecule has 29 heavy (non-hydrogen) atoms. The van der Waals surface area contributed by atoms with Crippen molar-refractivity contribution < 1.29 is 14.3 Å². The number of carbonyl (C=O) groups is 2. The predicted molar refractivity (Wildman–Crippen MR) is 111 cm³/mol. The fourth-order valence-corrected chi connectivity index (χ4v) is 3.00. The van der Waals surface area contributed by atoms with Gasteiger partial charge in [0.2, 0.25) is 0 Å². The van der Waals surface area contributed by atoms with E-state index in [2.05, 4.69) is 15.3 Å². The van der Waals surface area contributed by atoms with Gasteiger partial charge in [-0.05, 0) is 31.2 Å². The van der Waals surface area contributed by atoms with Crippen molar-refractivity contribution in [2.45, 2.75) is 6.92 Å². The number of hydrogen-bond acceptors (Lipinski definition) is 7. The molecule has 1 aromatic carbocycles. The third-order valence-electron chi connectivity index (χ3n) is 4.64. The second kappa shape index (κ2) is 9.22. The van der Waals surface area contributed by atoms with Crippen LogP contribution in [0.15, 0.2) is 36.7 Å². The lowest BCUT2D eigenvalue weighted by Gasteiger charge is -2.33. The second-order valence-electron chi connectivity index (χ2n) is 6.83. The number of carbonyl (C=O) groups excluding carboxylic acids is 2. The number of rotatable bonds is 5. The van der Waals surface area contributed by atoms with Crippen LogP contribution in [0.5, 0.6) is 0 Å². The first-order valence-electron chi connectivity index (χ1n) is 9.55. The first-order chi connectivity index (χ1) is 14.0. The second-order valence-corrected chi connectivity index (χ2v) is 6.83. The van der Waals surface area contributed by atoms with E-state index in [9.17, 15) is 9.59 Å². The van der Waals surface area contributed by atoms with Gasteiger partial charge < -0.3 is 24.8 Å². The lowest BCUT2D eigenvalue weighted by molar-refractivity contribution is 0.0566. The highest BCUT2D eigenvalue weighted by atomic mass is 16.6. The van der Waals surface area contributed by atoms with Gasteiger partial charge in [-0.3, -0.25) is 4.79 Å². The Balaban J connectivity index is 1.62. The molecule has 9 heteroatoms. The van der Waals surface area contributed by atoms with Gasteiger partial charge >= 0.3 is 6.09 Å². The van der Waals surface area contributed by atoms with Gasteiger partial charge in [0.05, 0.1) is 6.61 Å². The summed E-state index contributed by atoms with van der Waals surface area (Å²) in [5.74, 6) is 0.369. The van der Waals surface area contributed by atoms with Crippen LogP contribution in [0.3, 0.4) is 0 Å². The molecule has 0 spiro atoms. The Morgan fingerprint density at radius 2 is 1.72 bits per heavy atom. The fraction of sp³-hybridized carbons (Fsp3) is 0.400. The smallest absolute Gasteiger partial charge is 0.409 e. The molecule has 1 aliphatic rings. The van der Waals surface area contributed by atoms with E-state index in [0.29, 0.717) is 44.3 Å². The average Bonchev–Trinajstić information content (AvgIpc) is 2.74. The highest BCUT2D eigenvalue weighted by Crippen LogP contribution is 2.19. The van der Waals surface area contributed by atoms with Crippen LogP contribution in [0.2, 0.25) is 0 Å². The number of aromatic nitrogens is 2. The summed E-state index contributed by atoms with van der Waals surface area (Å²) in [6, 6.07) is 9.54. The van der Waals surface area contributed by atoms with Gasteiger partial charge in [0, 0.05) is 57.7 Å². The van der Waals surface area contributed by atoms with Crippen molar-refractivity contribution in [2.24, 2.45) is 0 Å². The number of benzene rings is 1. The molecule has 2 aromatic rings. The summed E-state index contributed by atoms with van der Waals surface area (Å²) in [5, 5.41) is 3.19. The van der Waals surface area contributed by atoms with Crippen molar-refractivity contribution in [3.8, 4) is 0 Å². The molecule has 154 valence electrons. The van der Waals surface area contributed by atoms with Gasteiger partial charge in [0.15, 0.2) is 0 Å². The molecule has 9 nitrogen and oxygen atoms in total. The maximum atomic E-state index is 12.8. The Kier molecular flexibility index (Phi) is 6.48. The molecule has 0 atom stereocenters. The van der Waals surface area contributed by atoms with Gasteiger partial charge in [-0.2, -0.15) is 0 Å². The Labute approximate surface area is 170 Å². The molecule has 0 radical (unpaired) electrons. The first-order valence-corrected chi connectivity index (χ1v) is 9.55. The third kappa shape index (κ3) is 5.13. The van der Waals surface area contributed by atoms with Crippen LogP contribution in [0.25, 0.3) is 0 Å². The minimum absolute atomic E-state index is 0.179. The molecular formula is C20H26N6O3. The van der Waals surface area contributed by atoms with E-state index in [4.69, 9.17) is 4.74 Å². The number of piperazine rings is 1. The summed E-state index contributed by atoms with van der Waals surface area (Å²) in [7, 11) is 3.97. The van der Waals surface area contributed by atoms with Crippen molar-refractivity contribution in [1.82, 2.24) is 19.8 Å². The molecule has 0 aliphatic carbocycles. The highest BCUT2D eigenvalue weighted by molar-refractivity contribution is 5.93. The van der Waals surface area contributed by atoms with Crippen molar-refractivity contribution >= 4 is 29.2 Å². The summed E-state index contributed by atoms with van der Waals surface area (Å²) < 4.78 is 5.01. The lowest BCUT2D eigenvalue weighted by atomic mass is 10.2. The summed E-state index contributed by atoms with van der Waals surface area (Å²) in [6.07, 6.45) is 1.03. The average molecular weight is 398 g/mol. The first kappa shape index (κ1) is 20.4. The number of hydrogen-bond donors (Lipinski definition) is 1. The summed E-state index contributed by atoms with van der Waals surface area (Å²) >= 11 is 0. The van der Waals surface area contributed by atoms with E-state index in [0.717, 1.165) is 11.4 Å². The van der Waals surface area contributed by atoms with Crippen LogP contribution in [-0.4, -0.2) is 78.6 Å². The molecule has 0 unspecified atom stereocenters. The monoisotopic (exact) mass is 398 g/mol. The molecule has 1 aromatic heterocycles. The van der Waals surface area contributed by atoms with Crippen LogP contribution in [0.4, 0.5) is 22.0 Å². The van der Waals surface area contributed by atoms with Crippen molar-refractivity contribution in [1.29, 1.82) is 0 Å². The molecule has 1 N–H and O–H groups in total. The molecule has 0 bridgehead atoms. The molecule has 3 rings (SSSR count). The Morgan fingerprint density at radius 1 is 1.07 bits per heavy atom. The van der Waals surface area contributed by atoms with Gasteiger partial charge in [-0.1, -0.05) is 0 Å². The maximum Gasteiger partial charge on any atom is 0.409 e. The number of amides is 2. The minimum Gasteiger partial charge on any atom is -0.450 e. The van der Waals surface area contributed by atoms with E-state index in [1.54, 1.807) is 22.8 Å². The topological polar surface area (TPSA) is 90.9 Å². The quantitative estimate of drug-likeness (QED) is 0.826. The molecule has 2 amide bonds. The van der Waals surface area contributed by atoms with E-state index < -0.39 is 0 Å². The number of nitrogens with zero attached hydrogens (tertiary/aromatic N) is 5. The van der Waals surface area contributed by atoms with Crippen LogP contribution in [0, 0.1) is 0 Å². The van der Waals surface area contributed by atoms with Gasteiger partial charge in [-0.25, -0.2) is 14.8 Å². The SMILES string of the molecule is CCOC(=O)N1CCN(C(=O)c2cc(Nc3ccc(N(C)C)cc3)ncn2)CC1. The van der Waals surface area contributed by atoms with Gasteiger partial charge in [-0.15, -0.1) is 0 Å². The van der Waals surface area contributed by atoms with E-state index >= 15 is 0 Å². The normalized spacial score (nSPS) is 13.8. The number of ether oxygens (including phenoxy) is 1. The highest BCUT2D eigenvalue weighted by Gasteiger charge is 2.26. The Bertz CT molecular complexity index is 848. The molecule has 1 saturated heterocycles. The number of nitrogens with one attached hydrogen (secondary N) is 1. The predicted octanol–water partition coefficient (Wildman–Crippen LogP) is 2.20. The fourth-order valence-electron chi connectivity index (χ4n) is 3.00. The molecular weight excluding hydrogens is 372 g/mol. The minimum atomic E-state index is -0.339. The van der Waals surface area contributed by atoms with Gasteiger partial charge in [0.25, 0.3) is 5.91 Å². The summed E-state index contributed by atoms with van der Waals surface area (Å²) in [5.41, 5.74) is 2.28. The molecule has 0 saturated carbocycles. The third-order valence-corrected chi connectivity index (χ3v) is 4.64. The van der Waals surface area contributed by atoms with Gasteiger partial charge in [0.1, 0.15) is 17.8 Å². The van der Waals surface area contributed by atoms with Crippen LogP contribution in [0.1, 0.15) is 17.4 Å². The van der Waals surface area contributed by atoms with E-state index in [1.165, 1.54) is 6.33 Å². The Hall–Kier alpha value is -3.36. The van der Waals surface area contributed by atoms with Crippen LogP contribution >= 0.6 is 0 Å². The van der Waals surface area contributed by atoms with E-state index in [1.807, 2.05) is 43.3 Å². The zero-order valence-corrected chi connectivity index (χ0v) is 17.0. The van der Waals surface area contributed by atoms with Crippen molar-refractivity contribution in [3.05, 3.63) is 42.4 Å². The van der Waals surface area contributed by atoms with Crippen LogP contribution in [-0.2, 0) is 4.74 Å². The van der Waals surface area contributed by atoms with E-state index in [-0.39, 0.29) is 12.0 Å². The standard InChI is InChI=1S/C20H26N6O3/c1-4-29-20(28)26-11-9-25(10-12-26)19(27)17-13-18(22-14-21-17)23-15-5-7-16(8-6-15)24(2)3/h5-8,13-14H,4,9-12H2,1-3H3,(H,21,22,23). The zero-order valence-electron chi connectivity index (χ0n) is 17.0.